The fourth-order valence-corrected chi connectivity index (χ4v) is 3.47. The molecule has 5 nitrogen and oxygen atoms in total. The van der Waals surface area contributed by atoms with Gasteiger partial charge in [-0.15, -0.1) is 0 Å². The van der Waals surface area contributed by atoms with Gasteiger partial charge in [0.1, 0.15) is 0 Å². The van der Waals surface area contributed by atoms with Gasteiger partial charge in [0.25, 0.3) is 0 Å². The summed E-state index contributed by atoms with van der Waals surface area (Å²) < 4.78 is 0. The van der Waals surface area contributed by atoms with E-state index in [2.05, 4.69) is 5.32 Å². The summed E-state index contributed by atoms with van der Waals surface area (Å²) in [5.41, 5.74) is 11.4. The van der Waals surface area contributed by atoms with Crippen molar-refractivity contribution in [2.24, 2.45) is 23.3 Å². The predicted molar refractivity (Wildman–Crippen MR) is 73.0 cm³/mol. The Kier molecular flexibility index (Phi) is 4.80. The lowest BCUT2D eigenvalue weighted by Gasteiger charge is -2.30. The molecule has 0 aromatic heterocycles. The van der Waals surface area contributed by atoms with Crippen molar-refractivity contribution in [3.63, 3.8) is 0 Å². The molecule has 0 aromatic rings. The van der Waals surface area contributed by atoms with Gasteiger partial charge in [-0.05, 0) is 31.6 Å². The highest BCUT2D eigenvalue weighted by Gasteiger charge is 2.32. The first-order chi connectivity index (χ1) is 9.08. The first-order valence-electron chi connectivity index (χ1n) is 7.42. The van der Waals surface area contributed by atoms with Crippen LogP contribution >= 0.6 is 0 Å². The first-order valence-corrected chi connectivity index (χ1v) is 7.42. The molecule has 4 atom stereocenters. The summed E-state index contributed by atoms with van der Waals surface area (Å²) in [5, 5.41) is 3.00. The lowest BCUT2D eigenvalue weighted by Crippen LogP contribution is -2.47. The Bertz CT molecular complexity index is 346. The largest absolute Gasteiger partial charge is 0.369 e. The Hall–Kier alpha value is -1.10. The number of rotatable bonds is 4. The maximum absolute atomic E-state index is 12.1. The highest BCUT2D eigenvalue weighted by Crippen LogP contribution is 2.28. The van der Waals surface area contributed by atoms with Gasteiger partial charge >= 0.3 is 0 Å². The van der Waals surface area contributed by atoms with E-state index in [1.54, 1.807) is 0 Å². The number of nitrogens with one attached hydrogen (secondary N) is 1. The predicted octanol–water partition coefficient (Wildman–Crippen LogP) is 0.664. The van der Waals surface area contributed by atoms with Gasteiger partial charge in [0.05, 0.1) is 5.92 Å². The van der Waals surface area contributed by atoms with Crippen molar-refractivity contribution in [2.45, 2.75) is 63.5 Å². The topological polar surface area (TPSA) is 98.2 Å². The van der Waals surface area contributed by atoms with Crippen molar-refractivity contribution in [1.82, 2.24) is 5.32 Å². The molecule has 2 fully saturated rings. The van der Waals surface area contributed by atoms with Gasteiger partial charge in [-0.25, -0.2) is 0 Å². The average Bonchev–Trinajstić information content (AvgIpc) is 2.75. The molecule has 5 heteroatoms. The van der Waals surface area contributed by atoms with Crippen LogP contribution in [0.3, 0.4) is 0 Å². The minimum atomic E-state index is -0.289. The molecule has 0 spiro atoms. The smallest absolute Gasteiger partial charge is 0.222 e. The van der Waals surface area contributed by atoms with Crippen LogP contribution in [-0.2, 0) is 9.59 Å². The number of primary amides is 1. The van der Waals surface area contributed by atoms with Crippen LogP contribution < -0.4 is 16.8 Å². The number of hydrogen-bond acceptors (Lipinski definition) is 3. The first kappa shape index (κ1) is 14.3. The van der Waals surface area contributed by atoms with Gasteiger partial charge in [0, 0.05) is 18.5 Å². The highest BCUT2D eigenvalue weighted by molar-refractivity contribution is 5.80. The van der Waals surface area contributed by atoms with E-state index in [0.717, 1.165) is 44.9 Å². The van der Waals surface area contributed by atoms with Crippen molar-refractivity contribution in [2.75, 3.05) is 0 Å². The van der Waals surface area contributed by atoms with Crippen molar-refractivity contribution in [3.8, 4) is 0 Å². The Morgan fingerprint density at radius 1 is 1.05 bits per heavy atom. The lowest BCUT2D eigenvalue weighted by molar-refractivity contribution is -0.126. The molecule has 0 heterocycles. The van der Waals surface area contributed by atoms with Gasteiger partial charge in [0.2, 0.25) is 11.8 Å². The van der Waals surface area contributed by atoms with E-state index in [1.807, 2.05) is 0 Å². The van der Waals surface area contributed by atoms with Crippen LogP contribution in [0.5, 0.6) is 0 Å². The summed E-state index contributed by atoms with van der Waals surface area (Å²) >= 11 is 0. The molecule has 5 N–H and O–H groups in total. The molecule has 2 aliphatic rings. The maximum Gasteiger partial charge on any atom is 0.222 e. The Balaban J connectivity index is 1.84. The van der Waals surface area contributed by atoms with Crippen LogP contribution in [0.15, 0.2) is 0 Å². The van der Waals surface area contributed by atoms with E-state index >= 15 is 0 Å². The molecule has 2 rings (SSSR count). The number of nitrogens with two attached hydrogens (primary N) is 2. The van der Waals surface area contributed by atoms with E-state index in [1.165, 1.54) is 0 Å². The van der Waals surface area contributed by atoms with Gasteiger partial charge in [-0.1, -0.05) is 19.3 Å². The number of carbonyl (C=O) groups is 2. The summed E-state index contributed by atoms with van der Waals surface area (Å²) in [6, 6.07) is 0.0837. The van der Waals surface area contributed by atoms with Crippen LogP contribution in [0.25, 0.3) is 0 Å². The second-order valence-electron chi connectivity index (χ2n) is 6.03. The molecule has 108 valence electrons. The molecular weight excluding hydrogens is 242 g/mol. The Morgan fingerprint density at radius 2 is 1.79 bits per heavy atom. The summed E-state index contributed by atoms with van der Waals surface area (Å²) in [7, 11) is 0. The maximum atomic E-state index is 12.1. The van der Waals surface area contributed by atoms with Crippen LogP contribution in [0, 0.1) is 11.8 Å². The van der Waals surface area contributed by atoms with E-state index in [0.29, 0.717) is 12.3 Å². The van der Waals surface area contributed by atoms with Crippen molar-refractivity contribution < 1.29 is 9.59 Å². The Morgan fingerprint density at radius 3 is 2.42 bits per heavy atom. The molecule has 0 bridgehead atoms. The third kappa shape index (κ3) is 3.69. The zero-order valence-corrected chi connectivity index (χ0v) is 11.4. The SMILES string of the molecule is NC(=O)C1CCCCC1NC(=O)C[C@@H]1CCC[C@H]1N. The molecule has 0 aromatic carbocycles. The van der Waals surface area contributed by atoms with E-state index in [-0.39, 0.29) is 29.8 Å². The minimum absolute atomic E-state index is 0.0282. The molecule has 2 aliphatic carbocycles. The van der Waals surface area contributed by atoms with E-state index in [9.17, 15) is 9.59 Å². The molecule has 19 heavy (non-hydrogen) atoms. The molecule has 0 saturated heterocycles. The summed E-state index contributed by atoms with van der Waals surface area (Å²) in [4.78, 5) is 23.5. The summed E-state index contributed by atoms with van der Waals surface area (Å²) in [5.74, 6) is -0.159. The molecule has 0 radical (unpaired) electrons. The molecule has 2 amide bonds. The molecule has 0 aliphatic heterocycles. The second kappa shape index (κ2) is 6.37. The molecule has 2 saturated carbocycles. The quantitative estimate of drug-likeness (QED) is 0.698. The third-order valence-electron chi connectivity index (χ3n) is 4.64. The Labute approximate surface area is 114 Å². The lowest BCUT2D eigenvalue weighted by atomic mass is 9.84. The third-order valence-corrected chi connectivity index (χ3v) is 4.64. The van der Waals surface area contributed by atoms with Crippen LogP contribution in [0.2, 0.25) is 0 Å². The second-order valence-corrected chi connectivity index (χ2v) is 6.03. The van der Waals surface area contributed by atoms with Crippen molar-refractivity contribution in [1.29, 1.82) is 0 Å². The van der Waals surface area contributed by atoms with Crippen LogP contribution in [-0.4, -0.2) is 23.9 Å². The minimum Gasteiger partial charge on any atom is -0.369 e. The van der Waals surface area contributed by atoms with Crippen LogP contribution in [0.4, 0.5) is 0 Å². The number of carbonyl (C=O) groups excluding carboxylic acids is 2. The van der Waals surface area contributed by atoms with Gasteiger partial charge in [-0.2, -0.15) is 0 Å². The standard InChI is InChI=1S/C14H25N3O2/c15-11-6-3-4-9(11)8-13(18)17-12-7-2-1-5-10(12)14(16)19/h9-12H,1-8,15H2,(H2,16,19)(H,17,18)/t9-,10?,11+,12?/m0/s1. The monoisotopic (exact) mass is 267 g/mol. The van der Waals surface area contributed by atoms with Crippen molar-refractivity contribution in [3.05, 3.63) is 0 Å². The summed E-state index contributed by atoms with van der Waals surface area (Å²) in [6.07, 6.45) is 7.39. The average molecular weight is 267 g/mol. The zero-order chi connectivity index (χ0) is 13.8. The fourth-order valence-electron chi connectivity index (χ4n) is 3.47. The zero-order valence-electron chi connectivity index (χ0n) is 11.4. The van der Waals surface area contributed by atoms with Gasteiger partial charge in [-0.3, -0.25) is 9.59 Å². The highest BCUT2D eigenvalue weighted by atomic mass is 16.2. The van der Waals surface area contributed by atoms with Gasteiger partial charge in [0.15, 0.2) is 0 Å². The number of amides is 2. The molecule has 2 unspecified atom stereocenters. The van der Waals surface area contributed by atoms with E-state index < -0.39 is 0 Å². The fraction of sp³-hybridized carbons (Fsp3) is 0.857. The molecular formula is C14H25N3O2. The normalized spacial score (nSPS) is 35.0. The summed E-state index contributed by atoms with van der Waals surface area (Å²) in [6.45, 7) is 0. The van der Waals surface area contributed by atoms with Crippen molar-refractivity contribution >= 4 is 11.8 Å². The van der Waals surface area contributed by atoms with Crippen LogP contribution in [0.1, 0.15) is 51.4 Å². The number of hydrogen-bond donors (Lipinski definition) is 3. The van der Waals surface area contributed by atoms with Gasteiger partial charge < -0.3 is 16.8 Å². The van der Waals surface area contributed by atoms with E-state index in [4.69, 9.17) is 11.5 Å².